The fourth-order valence-electron chi connectivity index (χ4n) is 2.04. The molecule has 0 saturated carbocycles. The summed E-state index contributed by atoms with van der Waals surface area (Å²) in [7, 11) is 1.33. The molecule has 2 aromatic rings. The Labute approximate surface area is 163 Å². The first kappa shape index (κ1) is 22.2. The molecule has 8 heteroatoms. The van der Waals surface area contributed by atoms with E-state index in [2.05, 4.69) is 10.1 Å². The first-order valence-corrected chi connectivity index (χ1v) is 8.94. The van der Waals surface area contributed by atoms with Gasteiger partial charge in [0.1, 0.15) is 24.2 Å². The van der Waals surface area contributed by atoms with Crippen LogP contribution in [0.15, 0.2) is 41.1 Å². The standard InChI is InChI=1S/C18H23NO5S.ClH/c1-22-18(21)12-24-16-4-2-14(3-5-16)6-8-19-10-15(20)11-23-17-7-9-25-13-17;/h2-5,7,9,13,15,19-20H,6,8,10-12H2,1H3;1H. The monoisotopic (exact) mass is 401 g/mol. The van der Waals surface area contributed by atoms with Gasteiger partial charge in [0.2, 0.25) is 0 Å². The van der Waals surface area contributed by atoms with Crippen LogP contribution < -0.4 is 14.8 Å². The number of methoxy groups -OCH3 is 1. The maximum Gasteiger partial charge on any atom is 0.343 e. The van der Waals surface area contributed by atoms with Crippen molar-refractivity contribution in [2.24, 2.45) is 0 Å². The number of benzene rings is 1. The van der Waals surface area contributed by atoms with Gasteiger partial charge in [-0.25, -0.2) is 4.79 Å². The van der Waals surface area contributed by atoms with Crippen LogP contribution in [-0.4, -0.2) is 50.6 Å². The van der Waals surface area contributed by atoms with Gasteiger partial charge in [0.05, 0.1) is 7.11 Å². The molecule has 0 bridgehead atoms. The number of carbonyl (C=O) groups excluding carboxylic acids is 1. The average Bonchev–Trinajstić information content (AvgIpc) is 3.16. The molecule has 0 fully saturated rings. The Kier molecular flexibility index (Phi) is 10.7. The van der Waals surface area contributed by atoms with Crippen LogP contribution in [0.5, 0.6) is 11.5 Å². The van der Waals surface area contributed by atoms with Gasteiger partial charge in [-0.15, -0.1) is 23.7 Å². The molecule has 0 aliphatic heterocycles. The third kappa shape index (κ3) is 8.53. The minimum absolute atomic E-state index is 0. The van der Waals surface area contributed by atoms with Crippen molar-refractivity contribution in [1.82, 2.24) is 5.32 Å². The van der Waals surface area contributed by atoms with Gasteiger partial charge in [-0.1, -0.05) is 12.1 Å². The molecule has 144 valence electrons. The number of thiophene rings is 1. The van der Waals surface area contributed by atoms with Crippen molar-refractivity contribution in [3.63, 3.8) is 0 Å². The highest BCUT2D eigenvalue weighted by atomic mass is 35.5. The molecule has 1 aromatic heterocycles. The predicted molar refractivity (Wildman–Crippen MR) is 104 cm³/mol. The van der Waals surface area contributed by atoms with Gasteiger partial charge in [0, 0.05) is 11.9 Å². The minimum atomic E-state index is -0.547. The van der Waals surface area contributed by atoms with E-state index < -0.39 is 12.1 Å². The first-order chi connectivity index (χ1) is 12.2. The fraction of sp³-hybridized carbons (Fsp3) is 0.389. The Morgan fingerprint density at radius 1 is 1.19 bits per heavy atom. The van der Waals surface area contributed by atoms with Gasteiger partial charge < -0.3 is 24.6 Å². The molecule has 1 heterocycles. The molecule has 26 heavy (non-hydrogen) atoms. The SMILES string of the molecule is COC(=O)COc1ccc(CCNCC(O)COc2ccsc2)cc1.Cl. The molecule has 2 N–H and O–H groups in total. The van der Waals surface area contributed by atoms with E-state index in [9.17, 15) is 9.90 Å². The highest BCUT2D eigenvalue weighted by molar-refractivity contribution is 7.08. The number of aliphatic hydroxyl groups excluding tert-OH is 1. The number of rotatable bonds is 11. The molecule has 6 nitrogen and oxygen atoms in total. The molecule has 0 spiro atoms. The van der Waals surface area contributed by atoms with Crippen molar-refractivity contribution in [1.29, 1.82) is 0 Å². The van der Waals surface area contributed by atoms with E-state index in [1.807, 2.05) is 41.1 Å². The van der Waals surface area contributed by atoms with Crippen molar-refractivity contribution in [2.45, 2.75) is 12.5 Å². The molecule has 0 aliphatic carbocycles. The summed E-state index contributed by atoms with van der Waals surface area (Å²) in [5, 5.41) is 16.9. The summed E-state index contributed by atoms with van der Waals surface area (Å²) in [6.07, 6.45) is 0.282. The molecule has 0 radical (unpaired) electrons. The second-order valence-electron chi connectivity index (χ2n) is 5.39. The average molecular weight is 402 g/mol. The Morgan fingerprint density at radius 2 is 1.96 bits per heavy atom. The quantitative estimate of drug-likeness (QED) is 0.444. The van der Waals surface area contributed by atoms with E-state index in [-0.39, 0.29) is 25.6 Å². The number of aliphatic hydroxyl groups is 1. The van der Waals surface area contributed by atoms with Gasteiger partial charge in [0.15, 0.2) is 6.61 Å². The summed E-state index contributed by atoms with van der Waals surface area (Å²) in [5.41, 5.74) is 1.14. The van der Waals surface area contributed by atoms with Crippen LogP contribution in [0, 0.1) is 0 Å². The molecular weight excluding hydrogens is 378 g/mol. The molecule has 0 aliphatic rings. The zero-order valence-corrected chi connectivity index (χ0v) is 16.2. The highest BCUT2D eigenvalue weighted by Gasteiger charge is 2.05. The number of esters is 1. The summed E-state index contributed by atoms with van der Waals surface area (Å²) >= 11 is 1.56. The maximum absolute atomic E-state index is 11.0. The minimum Gasteiger partial charge on any atom is -0.490 e. The van der Waals surface area contributed by atoms with Crippen LogP contribution in [0.25, 0.3) is 0 Å². The van der Waals surface area contributed by atoms with E-state index in [0.717, 1.165) is 24.3 Å². The molecule has 0 amide bonds. The Bertz CT molecular complexity index is 621. The Balaban J connectivity index is 0.00000338. The van der Waals surface area contributed by atoms with Crippen molar-refractivity contribution in [2.75, 3.05) is 33.4 Å². The van der Waals surface area contributed by atoms with Crippen LogP contribution in [-0.2, 0) is 16.0 Å². The maximum atomic E-state index is 11.0. The lowest BCUT2D eigenvalue weighted by molar-refractivity contribution is -0.142. The zero-order valence-electron chi connectivity index (χ0n) is 14.6. The lowest BCUT2D eigenvalue weighted by atomic mass is 10.1. The number of hydrogen-bond acceptors (Lipinski definition) is 7. The molecule has 1 atom stereocenters. The van der Waals surface area contributed by atoms with Gasteiger partial charge in [-0.2, -0.15) is 0 Å². The van der Waals surface area contributed by atoms with Crippen LogP contribution in [0.1, 0.15) is 5.56 Å². The normalized spacial score (nSPS) is 11.3. The third-order valence-corrected chi connectivity index (χ3v) is 4.08. The van der Waals surface area contributed by atoms with Gasteiger partial charge in [-0.05, 0) is 42.1 Å². The first-order valence-electron chi connectivity index (χ1n) is 7.99. The van der Waals surface area contributed by atoms with Crippen molar-refractivity contribution in [3.8, 4) is 11.5 Å². The van der Waals surface area contributed by atoms with Gasteiger partial charge in [-0.3, -0.25) is 0 Å². The van der Waals surface area contributed by atoms with E-state index in [0.29, 0.717) is 12.3 Å². The molecule has 2 rings (SSSR count). The van der Waals surface area contributed by atoms with E-state index >= 15 is 0 Å². The summed E-state index contributed by atoms with van der Waals surface area (Å²) in [4.78, 5) is 11.0. The van der Waals surface area contributed by atoms with Crippen molar-refractivity contribution < 1.29 is 24.1 Å². The van der Waals surface area contributed by atoms with Crippen molar-refractivity contribution >= 4 is 29.7 Å². The van der Waals surface area contributed by atoms with E-state index in [1.165, 1.54) is 7.11 Å². The Hall–Kier alpha value is -1.80. The van der Waals surface area contributed by atoms with Gasteiger partial charge in [0.25, 0.3) is 0 Å². The topological polar surface area (TPSA) is 77.0 Å². The second-order valence-corrected chi connectivity index (χ2v) is 6.17. The number of nitrogens with one attached hydrogen (secondary N) is 1. The lowest BCUT2D eigenvalue weighted by Crippen LogP contribution is -2.32. The van der Waals surface area contributed by atoms with E-state index in [4.69, 9.17) is 9.47 Å². The zero-order chi connectivity index (χ0) is 17.9. The van der Waals surface area contributed by atoms with Gasteiger partial charge >= 0.3 is 5.97 Å². The number of halogens is 1. The van der Waals surface area contributed by atoms with Crippen LogP contribution in [0.3, 0.4) is 0 Å². The van der Waals surface area contributed by atoms with Crippen LogP contribution in [0.4, 0.5) is 0 Å². The molecular formula is C18H24ClNO5S. The van der Waals surface area contributed by atoms with Crippen molar-refractivity contribution in [3.05, 3.63) is 46.7 Å². The second kappa shape index (κ2) is 12.5. The Morgan fingerprint density at radius 3 is 2.62 bits per heavy atom. The molecule has 1 aromatic carbocycles. The number of ether oxygens (including phenoxy) is 3. The number of hydrogen-bond donors (Lipinski definition) is 2. The summed E-state index contributed by atoms with van der Waals surface area (Å²) in [6.45, 7) is 1.40. The summed E-state index contributed by atoms with van der Waals surface area (Å²) in [5.74, 6) is 1.01. The van der Waals surface area contributed by atoms with Crippen LogP contribution >= 0.6 is 23.7 Å². The molecule has 1 unspecified atom stereocenters. The molecule has 0 saturated heterocycles. The summed E-state index contributed by atoms with van der Waals surface area (Å²) in [6, 6.07) is 9.42. The summed E-state index contributed by atoms with van der Waals surface area (Å²) < 4.78 is 15.3. The number of carbonyl (C=O) groups is 1. The largest absolute Gasteiger partial charge is 0.490 e. The van der Waals surface area contributed by atoms with E-state index in [1.54, 1.807) is 11.3 Å². The highest BCUT2D eigenvalue weighted by Crippen LogP contribution is 2.15. The predicted octanol–water partition coefficient (Wildman–Crippen LogP) is 2.29. The van der Waals surface area contributed by atoms with Crippen LogP contribution in [0.2, 0.25) is 0 Å². The lowest BCUT2D eigenvalue weighted by Gasteiger charge is -2.12. The third-order valence-electron chi connectivity index (χ3n) is 3.42. The smallest absolute Gasteiger partial charge is 0.343 e. The fourth-order valence-corrected chi connectivity index (χ4v) is 2.61.